The maximum Gasteiger partial charge on any atom is -0.0323 e. The molecule has 0 aromatic rings. The molecule has 0 heterocycles. The van der Waals surface area contributed by atoms with Gasteiger partial charge in [-0.25, -0.2) is 0 Å². The van der Waals surface area contributed by atoms with Crippen molar-refractivity contribution in [3.05, 3.63) is 0 Å². The van der Waals surface area contributed by atoms with E-state index in [2.05, 4.69) is 27.7 Å². The van der Waals surface area contributed by atoms with Gasteiger partial charge < -0.3 is 0 Å². The van der Waals surface area contributed by atoms with E-state index in [1.807, 2.05) is 0 Å². The molecular formula is C11H20. The molecule has 2 aliphatic carbocycles. The van der Waals surface area contributed by atoms with Crippen molar-refractivity contribution in [3.8, 4) is 0 Å². The van der Waals surface area contributed by atoms with Crippen LogP contribution < -0.4 is 0 Å². The smallest absolute Gasteiger partial charge is 0.0323 e. The van der Waals surface area contributed by atoms with Crippen molar-refractivity contribution in [1.29, 1.82) is 0 Å². The Balaban J connectivity index is 1.89. The second kappa shape index (κ2) is 2.24. The highest BCUT2D eigenvalue weighted by Crippen LogP contribution is 2.67. The van der Waals surface area contributed by atoms with E-state index in [9.17, 15) is 0 Å². The first-order valence-corrected chi connectivity index (χ1v) is 5.13. The average Bonchev–Trinajstić information content (AvgIpc) is 2.32. The van der Waals surface area contributed by atoms with E-state index in [0.717, 1.165) is 35.5 Å². The van der Waals surface area contributed by atoms with Gasteiger partial charge in [0.25, 0.3) is 0 Å². The minimum absolute atomic E-state index is 0.897. The lowest BCUT2D eigenvalue weighted by Gasteiger charge is -2.33. The molecule has 0 radical (unpaired) electrons. The van der Waals surface area contributed by atoms with E-state index < -0.39 is 0 Å². The Kier molecular flexibility index (Phi) is 1.56. The van der Waals surface area contributed by atoms with E-state index in [1.54, 1.807) is 6.42 Å². The Morgan fingerprint density at radius 2 is 1.82 bits per heavy atom. The summed E-state index contributed by atoms with van der Waals surface area (Å²) in [5, 5.41) is 0. The third kappa shape index (κ3) is 0.947. The predicted molar refractivity (Wildman–Crippen MR) is 48.3 cm³/mol. The molecule has 0 aromatic heterocycles. The molecule has 2 fully saturated rings. The lowest BCUT2D eigenvalue weighted by molar-refractivity contribution is 0.158. The van der Waals surface area contributed by atoms with Crippen LogP contribution >= 0.6 is 0 Å². The molecule has 0 bridgehead atoms. The Morgan fingerprint density at radius 3 is 2.09 bits per heavy atom. The molecule has 5 atom stereocenters. The van der Waals surface area contributed by atoms with Crippen molar-refractivity contribution in [3.63, 3.8) is 0 Å². The second-order valence-corrected chi connectivity index (χ2v) is 5.10. The Morgan fingerprint density at radius 1 is 1.18 bits per heavy atom. The number of rotatable bonds is 2. The average molecular weight is 152 g/mol. The number of hydrogen-bond acceptors (Lipinski definition) is 0. The second-order valence-electron chi connectivity index (χ2n) is 5.10. The Hall–Kier alpha value is 0. The van der Waals surface area contributed by atoms with Crippen LogP contribution in [0.1, 0.15) is 34.1 Å². The quantitative estimate of drug-likeness (QED) is 0.570. The molecule has 11 heavy (non-hydrogen) atoms. The molecular weight excluding hydrogens is 132 g/mol. The van der Waals surface area contributed by atoms with E-state index in [1.165, 1.54) is 0 Å². The first kappa shape index (κ1) is 7.64. The maximum absolute atomic E-state index is 2.44. The summed E-state index contributed by atoms with van der Waals surface area (Å²) >= 11 is 0. The topological polar surface area (TPSA) is 0 Å². The van der Waals surface area contributed by atoms with Gasteiger partial charge >= 0.3 is 0 Å². The summed E-state index contributed by atoms with van der Waals surface area (Å²) in [6, 6.07) is 0. The van der Waals surface area contributed by atoms with Gasteiger partial charge in [-0.2, -0.15) is 0 Å². The lowest BCUT2D eigenvalue weighted by Crippen LogP contribution is -2.26. The third-order valence-electron chi connectivity index (χ3n) is 4.40. The molecule has 5 unspecified atom stereocenters. The fourth-order valence-corrected chi connectivity index (χ4v) is 2.99. The van der Waals surface area contributed by atoms with Crippen molar-refractivity contribution in [2.45, 2.75) is 34.1 Å². The summed E-state index contributed by atoms with van der Waals surface area (Å²) in [6.07, 6.45) is 1.55. The molecule has 0 heteroatoms. The van der Waals surface area contributed by atoms with Crippen LogP contribution in [0.15, 0.2) is 0 Å². The first-order valence-electron chi connectivity index (χ1n) is 5.13. The summed E-state index contributed by atoms with van der Waals surface area (Å²) in [7, 11) is 0. The summed E-state index contributed by atoms with van der Waals surface area (Å²) in [5.74, 6) is 6.35. The van der Waals surface area contributed by atoms with Crippen LogP contribution in [0.2, 0.25) is 0 Å². The van der Waals surface area contributed by atoms with Gasteiger partial charge in [-0.05, 0) is 41.9 Å². The zero-order valence-electron chi connectivity index (χ0n) is 8.17. The van der Waals surface area contributed by atoms with Gasteiger partial charge in [0, 0.05) is 0 Å². The Bertz CT molecular complexity index is 155. The van der Waals surface area contributed by atoms with Gasteiger partial charge in [-0.3, -0.25) is 0 Å². The zero-order valence-corrected chi connectivity index (χ0v) is 8.17. The fourth-order valence-electron chi connectivity index (χ4n) is 2.99. The molecule has 0 aliphatic heterocycles. The standard InChI is InChI=1S/C11H20/c1-6(2)7(3)9-5-10-8(4)11(9)10/h6-11H,5H2,1-4H3. The molecule has 0 N–H and O–H groups in total. The van der Waals surface area contributed by atoms with Crippen molar-refractivity contribution < 1.29 is 0 Å². The van der Waals surface area contributed by atoms with Crippen LogP contribution in [-0.4, -0.2) is 0 Å². The molecule has 0 amide bonds. The van der Waals surface area contributed by atoms with Crippen molar-refractivity contribution in [2.24, 2.45) is 35.5 Å². The van der Waals surface area contributed by atoms with Crippen molar-refractivity contribution in [1.82, 2.24) is 0 Å². The molecule has 0 nitrogen and oxygen atoms in total. The minimum atomic E-state index is 0.897. The highest BCUT2D eigenvalue weighted by molar-refractivity contribution is 5.09. The van der Waals surface area contributed by atoms with Gasteiger partial charge in [0.15, 0.2) is 0 Å². The van der Waals surface area contributed by atoms with Gasteiger partial charge in [0.1, 0.15) is 0 Å². The van der Waals surface area contributed by atoms with Crippen LogP contribution in [0.3, 0.4) is 0 Å². The summed E-state index contributed by atoms with van der Waals surface area (Å²) in [4.78, 5) is 0. The third-order valence-corrected chi connectivity index (χ3v) is 4.40. The van der Waals surface area contributed by atoms with Crippen LogP contribution in [0.25, 0.3) is 0 Å². The molecule has 0 spiro atoms. The largest absolute Gasteiger partial charge is 0.0625 e. The van der Waals surface area contributed by atoms with Gasteiger partial charge in [-0.1, -0.05) is 27.7 Å². The van der Waals surface area contributed by atoms with Gasteiger partial charge in [0.05, 0.1) is 0 Å². The molecule has 2 rings (SSSR count). The van der Waals surface area contributed by atoms with E-state index >= 15 is 0 Å². The summed E-state index contributed by atoms with van der Waals surface area (Å²) in [6.45, 7) is 9.61. The fraction of sp³-hybridized carbons (Fsp3) is 1.00. The van der Waals surface area contributed by atoms with Crippen LogP contribution in [0, 0.1) is 35.5 Å². The SMILES string of the molecule is CC(C)C(C)C1CC2C(C)C12. The van der Waals surface area contributed by atoms with Crippen LogP contribution in [0.4, 0.5) is 0 Å². The van der Waals surface area contributed by atoms with Gasteiger partial charge in [-0.15, -0.1) is 0 Å². The molecule has 64 valence electrons. The van der Waals surface area contributed by atoms with E-state index in [4.69, 9.17) is 0 Å². The van der Waals surface area contributed by atoms with Crippen molar-refractivity contribution >= 4 is 0 Å². The zero-order chi connectivity index (χ0) is 8.17. The molecule has 2 aliphatic rings. The van der Waals surface area contributed by atoms with E-state index in [0.29, 0.717) is 0 Å². The highest BCUT2D eigenvalue weighted by atomic mass is 14.7. The minimum Gasteiger partial charge on any atom is -0.0625 e. The maximum atomic E-state index is 2.44. The van der Waals surface area contributed by atoms with Crippen LogP contribution in [-0.2, 0) is 0 Å². The number of hydrogen-bond donors (Lipinski definition) is 0. The monoisotopic (exact) mass is 152 g/mol. The lowest BCUT2D eigenvalue weighted by atomic mass is 9.72. The Labute approximate surface area is 70.4 Å². The number of fused-ring (bicyclic) bond motifs is 1. The van der Waals surface area contributed by atoms with Crippen LogP contribution in [0.5, 0.6) is 0 Å². The molecule has 0 saturated heterocycles. The molecule has 0 aromatic carbocycles. The first-order chi connectivity index (χ1) is 5.13. The van der Waals surface area contributed by atoms with Gasteiger partial charge in [0.2, 0.25) is 0 Å². The predicted octanol–water partition coefficient (Wildman–Crippen LogP) is 3.18. The van der Waals surface area contributed by atoms with Crippen molar-refractivity contribution in [2.75, 3.05) is 0 Å². The normalized spacial score (nSPS) is 49.9. The summed E-state index contributed by atoms with van der Waals surface area (Å²) < 4.78 is 0. The van der Waals surface area contributed by atoms with E-state index in [-0.39, 0.29) is 0 Å². The highest BCUT2D eigenvalue weighted by Gasteiger charge is 2.61. The molecule has 2 saturated carbocycles. The summed E-state index contributed by atoms with van der Waals surface area (Å²) in [5.41, 5.74) is 0.